The van der Waals surface area contributed by atoms with E-state index in [1.807, 2.05) is 13.8 Å². The summed E-state index contributed by atoms with van der Waals surface area (Å²) in [5.74, 6) is 0. The Balaban J connectivity index is 2.24. The van der Waals surface area contributed by atoms with Crippen LogP contribution in [0.3, 0.4) is 0 Å². The van der Waals surface area contributed by atoms with Crippen molar-refractivity contribution in [3.05, 3.63) is 24.3 Å². The van der Waals surface area contributed by atoms with Crippen molar-refractivity contribution >= 4 is 9.76 Å². The maximum Gasteiger partial charge on any atom is 0.261 e. The van der Waals surface area contributed by atoms with Crippen LogP contribution in [0, 0.1) is 0 Å². The minimum absolute atomic E-state index is 0.485. The molecule has 0 N–H and O–H groups in total. The zero-order valence-corrected chi connectivity index (χ0v) is 14.6. The predicted molar refractivity (Wildman–Crippen MR) is 86.4 cm³/mol. The monoisotopic (exact) mass is 298 g/mol. The topological polar surface area (TPSA) is 27.7 Å². The Bertz CT molecular complexity index is 278. The van der Waals surface area contributed by atoms with E-state index >= 15 is 0 Å². The first-order valence-electron chi connectivity index (χ1n) is 7.71. The van der Waals surface area contributed by atoms with E-state index in [2.05, 4.69) is 13.2 Å². The second-order valence-corrected chi connectivity index (χ2v) is 7.75. The van der Waals surface area contributed by atoms with E-state index in [0.717, 1.165) is 29.5 Å². The molecule has 0 amide bonds. The van der Waals surface area contributed by atoms with Crippen LogP contribution in [0.1, 0.15) is 52.4 Å². The highest BCUT2D eigenvalue weighted by Crippen LogP contribution is 2.29. The predicted octanol–water partition coefficient (Wildman–Crippen LogP) is 3.70. The van der Waals surface area contributed by atoms with Gasteiger partial charge in [0.25, 0.3) is 6.48 Å². The standard InChI is InChI=1S/C16H30O3Si/c1-13(2)9-11-17-16(18-12-10-14(3)4)19-20-15-7-5-6-8-15/h15-16H,1,3,5-12,20H2,2,4H3. The normalized spacial score (nSPS) is 16.6. The number of rotatable bonds is 11. The second-order valence-electron chi connectivity index (χ2n) is 5.93. The molecule has 0 unspecified atom stereocenters. The summed E-state index contributed by atoms with van der Waals surface area (Å²) < 4.78 is 17.3. The first kappa shape index (κ1) is 17.6. The number of ether oxygens (including phenoxy) is 2. The molecule has 0 aromatic rings. The lowest BCUT2D eigenvalue weighted by atomic mass is 10.3. The molecule has 3 nitrogen and oxygen atoms in total. The molecule has 20 heavy (non-hydrogen) atoms. The summed E-state index contributed by atoms with van der Waals surface area (Å²) in [5.41, 5.74) is 3.06. The average molecular weight is 298 g/mol. The molecule has 1 saturated carbocycles. The molecule has 0 aromatic carbocycles. The zero-order valence-electron chi connectivity index (χ0n) is 13.2. The van der Waals surface area contributed by atoms with E-state index in [1.165, 1.54) is 25.7 Å². The SMILES string of the molecule is C=C(C)CCOC(OCCC(=C)C)O[SiH2]C1CCCC1. The van der Waals surface area contributed by atoms with Crippen LogP contribution in [-0.4, -0.2) is 29.5 Å². The maximum atomic E-state index is 5.92. The van der Waals surface area contributed by atoms with Gasteiger partial charge in [0.15, 0.2) is 9.76 Å². The van der Waals surface area contributed by atoms with E-state index in [4.69, 9.17) is 13.9 Å². The van der Waals surface area contributed by atoms with Crippen LogP contribution >= 0.6 is 0 Å². The quantitative estimate of drug-likeness (QED) is 0.331. The van der Waals surface area contributed by atoms with Crippen LogP contribution in [0.15, 0.2) is 24.3 Å². The van der Waals surface area contributed by atoms with Crippen molar-refractivity contribution in [2.45, 2.75) is 64.4 Å². The molecule has 0 heterocycles. The van der Waals surface area contributed by atoms with Gasteiger partial charge in [-0.05, 0) is 32.2 Å². The fourth-order valence-corrected chi connectivity index (χ4v) is 3.73. The highest BCUT2D eigenvalue weighted by atomic mass is 28.2. The van der Waals surface area contributed by atoms with Crippen molar-refractivity contribution in [3.8, 4) is 0 Å². The molecule has 4 heteroatoms. The van der Waals surface area contributed by atoms with Crippen LogP contribution in [0.5, 0.6) is 0 Å². The second kappa shape index (κ2) is 10.3. The van der Waals surface area contributed by atoms with Crippen LogP contribution in [0.25, 0.3) is 0 Å². The summed E-state index contributed by atoms with van der Waals surface area (Å²) in [6, 6.07) is 0. The largest absolute Gasteiger partial charge is 0.378 e. The Morgan fingerprint density at radius 3 is 2.00 bits per heavy atom. The Labute approximate surface area is 126 Å². The highest BCUT2D eigenvalue weighted by Gasteiger charge is 2.19. The first-order chi connectivity index (χ1) is 9.58. The molecule has 1 fully saturated rings. The van der Waals surface area contributed by atoms with Gasteiger partial charge in [-0.3, -0.25) is 0 Å². The average Bonchev–Trinajstić information content (AvgIpc) is 2.87. The van der Waals surface area contributed by atoms with Gasteiger partial charge >= 0.3 is 0 Å². The lowest BCUT2D eigenvalue weighted by Gasteiger charge is -2.21. The molecule has 1 aliphatic carbocycles. The van der Waals surface area contributed by atoms with E-state index < -0.39 is 16.2 Å². The van der Waals surface area contributed by atoms with Gasteiger partial charge in [-0.1, -0.05) is 36.8 Å². The molecule has 1 aliphatic rings. The van der Waals surface area contributed by atoms with Crippen LogP contribution < -0.4 is 0 Å². The molecular formula is C16H30O3Si. The zero-order chi connectivity index (χ0) is 14.8. The van der Waals surface area contributed by atoms with Crippen molar-refractivity contribution in [1.29, 1.82) is 0 Å². The van der Waals surface area contributed by atoms with Gasteiger partial charge in [0, 0.05) is 0 Å². The summed E-state index contributed by atoms with van der Waals surface area (Å²) in [4.78, 5) is 0. The third kappa shape index (κ3) is 8.69. The molecule has 1 rings (SSSR count). The van der Waals surface area contributed by atoms with Crippen LogP contribution in [-0.2, 0) is 13.9 Å². The molecule has 0 atom stereocenters. The molecule has 0 aromatic heterocycles. The van der Waals surface area contributed by atoms with Crippen LogP contribution in [0.4, 0.5) is 0 Å². The smallest absolute Gasteiger partial charge is 0.261 e. The minimum Gasteiger partial charge on any atom is -0.378 e. The van der Waals surface area contributed by atoms with Crippen molar-refractivity contribution in [1.82, 2.24) is 0 Å². The summed E-state index contributed by atoms with van der Waals surface area (Å²) in [7, 11) is -0.549. The summed E-state index contributed by atoms with van der Waals surface area (Å²) in [6.45, 7) is 12.5. The maximum absolute atomic E-state index is 5.92. The minimum atomic E-state index is -0.549. The van der Waals surface area contributed by atoms with E-state index in [1.54, 1.807) is 0 Å². The first-order valence-corrected chi connectivity index (χ1v) is 9.11. The summed E-state index contributed by atoms with van der Waals surface area (Å²) in [5, 5.41) is 0. The Hall–Kier alpha value is -0.423. The van der Waals surface area contributed by atoms with E-state index in [0.29, 0.717) is 13.2 Å². The number of hydrogen-bond donors (Lipinski definition) is 0. The van der Waals surface area contributed by atoms with Gasteiger partial charge < -0.3 is 13.9 Å². The van der Waals surface area contributed by atoms with E-state index in [9.17, 15) is 0 Å². The Morgan fingerprint density at radius 2 is 1.55 bits per heavy atom. The summed E-state index contributed by atoms with van der Waals surface area (Å²) >= 11 is 0. The lowest BCUT2D eigenvalue weighted by Crippen LogP contribution is -2.25. The van der Waals surface area contributed by atoms with Gasteiger partial charge in [-0.15, -0.1) is 13.2 Å². The van der Waals surface area contributed by atoms with Crippen LogP contribution in [0.2, 0.25) is 5.54 Å². The van der Waals surface area contributed by atoms with Crippen molar-refractivity contribution in [2.75, 3.05) is 13.2 Å². The lowest BCUT2D eigenvalue weighted by molar-refractivity contribution is -0.247. The summed E-state index contributed by atoms with van der Waals surface area (Å²) in [6.07, 6.45) is 7.09. The van der Waals surface area contributed by atoms with Crippen molar-refractivity contribution in [2.24, 2.45) is 0 Å². The molecular weight excluding hydrogens is 268 g/mol. The molecule has 0 bridgehead atoms. The van der Waals surface area contributed by atoms with Crippen molar-refractivity contribution in [3.63, 3.8) is 0 Å². The third-order valence-electron chi connectivity index (χ3n) is 3.51. The molecule has 0 spiro atoms. The van der Waals surface area contributed by atoms with E-state index in [-0.39, 0.29) is 0 Å². The van der Waals surface area contributed by atoms with Gasteiger partial charge in [-0.2, -0.15) is 0 Å². The van der Waals surface area contributed by atoms with Gasteiger partial charge in [0.2, 0.25) is 0 Å². The fraction of sp³-hybridized carbons (Fsp3) is 0.750. The third-order valence-corrected chi connectivity index (χ3v) is 5.26. The molecule has 0 radical (unpaired) electrons. The molecule has 116 valence electrons. The molecule has 0 saturated heterocycles. The fourth-order valence-electron chi connectivity index (χ4n) is 2.19. The van der Waals surface area contributed by atoms with Gasteiger partial charge in [-0.25, -0.2) is 0 Å². The van der Waals surface area contributed by atoms with Gasteiger partial charge in [0.05, 0.1) is 13.2 Å². The molecule has 0 aliphatic heterocycles. The highest BCUT2D eigenvalue weighted by molar-refractivity contribution is 6.29. The Kier molecular flexibility index (Phi) is 9.10. The van der Waals surface area contributed by atoms with Crippen molar-refractivity contribution < 1.29 is 13.9 Å². The van der Waals surface area contributed by atoms with Gasteiger partial charge in [0.1, 0.15) is 0 Å². The number of hydrogen-bond acceptors (Lipinski definition) is 3. The Morgan fingerprint density at radius 1 is 1.05 bits per heavy atom.